The van der Waals surface area contributed by atoms with Gasteiger partial charge in [-0.05, 0) is 64.1 Å². The summed E-state index contributed by atoms with van der Waals surface area (Å²) in [6.07, 6.45) is 2.74. The van der Waals surface area contributed by atoms with Gasteiger partial charge >= 0.3 is 12.1 Å². The van der Waals surface area contributed by atoms with E-state index in [0.29, 0.717) is 49.1 Å². The van der Waals surface area contributed by atoms with Crippen molar-refractivity contribution >= 4 is 39.4 Å². The molecule has 0 spiro atoms. The van der Waals surface area contributed by atoms with Crippen molar-refractivity contribution in [1.82, 2.24) is 29.7 Å². The average Bonchev–Trinajstić information content (AvgIpc) is 3.73. The topological polar surface area (TPSA) is 123 Å². The molecule has 14 heteroatoms. The Morgan fingerprint density at radius 2 is 1.96 bits per heavy atom. The van der Waals surface area contributed by atoms with Gasteiger partial charge in [0, 0.05) is 50.7 Å². The van der Waals surface area contributed by atoms with E-state index < -0.39 is 35.0 Å². The number of ether oxygens (including phenoxy) is 2. The summed E-state index contributed by atoms with van der Waals surface area (Å²) in [5.41, 5.74) is 4.55. The number of hydrogen-bond donors (Lipinski definition) is 1. The first-order valence-corrected chi connectivity index (χ1v) is 16.3. The number of fused-ring (bicyclic) bond motifs is 3. The van der Waals surface area contributed by atoms with Crippen LogP contribution in [0.25, 0.3) is 33.1 Å². The van der Waals surface area contributed by atoms with Crippen LogP contribution >= 0.6 is 0 Å². The first-order valence-electron chi connectivity index (χ1n) is 16.3. The number of nitrogens with two attached hydrogens (primary N) is 1. The molecule has 0 saturated carbocycles. The van der Waals surface area contributed by atoms with E-state index in [0.717, 1.165) is 19.4 Å². The molecule has 3 aliphatic heterocycles. The third-order valence-electron chi connectivity index (χ3n) is 9.62. The number of benzene rings is 1. The van der Waals surface area contributed by atoms with E-state index in [1.54, 1.807) is 11.0 Å². The molecule has 1 aromatic carbocycles. The van der Waals surface area contributed by atoms with Crippen molar-refractivity contribution in [3.63, 3.8) is 0 Å². The number of nitrogen functional groups attached to an aromatic ring is 1. The summed E-state index contributed by atoms with van der Waals surface area (Å²) >= 11 is 0. The van der Waals surface area contributed by atoms with Gasteiger partial charge in [0.05, 0.1) is 10.9 Å². The van der Waals surface area contributed by atoms with Crippen LogP contribution in [0.5, 0.6) is 6.01 Å². The Morgan fingerprint density at radius 1 is 1.15 bits per heavy atom. The van der Waals surface area contributed by atoms with Crippen molar-refractivity contribution < 1.29 is 27.4 Å². The zero-order valence-electron chi connectivity index (χ0n) is 27.5. The fourth-order valence-corrected chi connectivity index (χ4v) is 7.35. The lowest BCUT2D eigenvalue weighted by Crippen LogP contribution is -2.43. The largest absolute Gasteiger partial charge is 0.461 e. The molecule has 0 bridgehead atoms. The molecule has 3 aromatic heterocycles. The minimum atomic E-state index is -0.949. The number of alkyl halides is 1. The first-order chi connectivity index (χ1) is 22.8. The summed E-state index contributed by atoms with van der Waals surface area (Å²) in [5.74, 6) is -1.02. The Bertz CT molecular complexity index is 1910. The van der Waals surface area contributed by atoms with Gasteiger partial charge < -0.3 is 25.0 Å². The summed E-state index contributed by atoms with van der Waals surface area (Å²) in [6, 6.07) is 5.72. The summed E-state index contributed by atoms with van der Waals surface area (Å²) in [5, 5.41) is 0.821. The Kier molecular flexibility index (Phi) is 7.96. The number of nitrogens with zero attached hydrogens (tertiary/aromatic N) is 7. The number of rotatable bonds is 6. The van der Waals surface area contributed by atoms with Gasteiger partial charge in [-0.1, -0.05) is 12.1 Å². The number of hydrogen-bond acceptors (Lipinski definition) is 10. The van der Waals surface area contributed by atoms with E-state index in [1.807, 2.05) is 32.7 Å². The van der Waals surface area contributed by atoms with Crippen LogP contribution in [-0.4, -0.2) is 99.0 Å². The standard InChI is InChI=1S/C34H39F3N8O3/c1-33(2,3)48-32(46)44-12-9-21(17-44)43(4)30-22-15-39-29(28-25-19(13-24(38)40-28)7-5-8-23(25)36)26(37)27(22)41-31(42-30)47-18-34-10-6-11-45(34)16-20(35)14-34/h5,7-8,13,15,20-21H,6,9-12,14,16-18H2,1-4H3,(H2,38,40)/t20-,21-,34+/m1/s1. The highest BCUT2D eigenvalue weighted by atomic mass is 19.1. The molecule has 6 heterocycles. The molecule has 0 unspecified atom stereocenters. The third-order valence-corrected chi connectivity index (χ3v) is 9.62. The molecule has 48 heavy (non-hydrogen) atoms. The predicted octanol–water partition coefficient (Wildman–Crippen LogP) is 5.50. The number of pyridine rings is 2. The maximum absolute atomic E-state index is 16.7. The number of amides is 1. The Labute approximate surface area is 276 Å². The SMILES string of the molecule is CN(c1nc(OC[C@@]23CCCN2C[C@H](F)C3)nc2c(F)c(-c3nc(N)cc4cccc(F)c34)ncc12)[C@@H]1CCN(C(=O)OC(C)(C)C)C1. The fourth-order valence-electron chi connectivity index (χ4n) is 7.35. The van der Waals surface area contributed by atoms with Gasteiger partial charge in [0.2, 0.25) is 0 Å². The van der Waals surface area contributed by atoms with Gasteiger partial charge in [-0.3, -0.25) is 9.88 Å². The first kappa shape index (κ1) is 32.1. The smallest absolute Gasteiger partial charge is 0.410 e. The van der Waals surface area contributed by atoms with Crippen molar-refractivity contribution in [3.05, 3.63) is 42.1 Å². The van der Waals surface area contributed by atoms with Gasteiger partial charge in [-0.2, -0.15) is 9.97 Å². The second kappa shape index (κ2) is 11.9. The van der Waals surface area contributed by atoms with Crippen molar-refractivity contribution in [2.75, 3.05) is 50.5 Å². The van der Waals surface area contributed by atoms with E-state index in [1.165, 1.54) is 24.4 Å². The van der Waals surface area contributed by atoms with E-state index in [-0.39, 0.29) is 46.8 Å². The second-order valence-electron chi connectivity index (χ2n) is 14.1. The molecule has 254 valence electrons. The molecule has 3 atom stereocenters. The van der Waals surface area contributed by atoms with Crippen LogP contribution in [0.1, 0.15) is 46.5 Å². The molecule has 4 aromatic rings. The van der Waals surface area contributed by atoms with Crippen molar-refractivity contribution in [3.8, 4) is 17.4 Å². The number of likely N-dealkylation sites (N-methyl/N-ethyl adjacent to an activating group) is 1. The third kappa shape index (κ3) is 5.80. The number of carbonyl (C=O) groups excluding carboxylic acids is 1. The van der Waals surface area contributed by atoms with E-state index in [4.69, 9.17) is 20.2 Å². The molecule has 11 nitrogen and oxygen atoms in total. The van der Waals surface area contributed by atoms with Crippen LogP contribution in [-0.2, 0) is 4.74 Å². The summed E-state index contributed by atoms with van der Waals surface area (Å²) in [4.78, 5) is 36.4. The normalized spacial score (nSPS) is 22.9. The predicted molar refractivity (Wildman–Crippen MR) is 176 cm³/mol. The fraction of sp³-hybridized carbons (Fsp3) is 0.500. The van der Waals surface area contributed by atoms with Gasteiger partial charge in [0.25, 0.3) is 0 Å². The van der Waals surface area contributed by atoms with Gasteiger partial charge in [0.1, 0.15) is 52.7 Å². The van der Waals surface area contributed by atoms with Gasteiger partial charge in [-0.15, -0.1) is 0 Å². The number of carbonyl (C=O) groups is 1. The maximum Gasteiger partial charge on any atom is 0.410 e. The molecular formula is C34H39F3N8O3. The average molecular weight is 665 g/mol. The van der Waals surface area contributed by atoms with Crippen molar-refractivity contribution in [1.29, 1.82) is 0 Å². The summed E-state index contributed by atoms with van der Waals surface area (Å²) in [7, 11) is 1.81. The lowest BCUT2D eigenvalue weighted by molar-refractivity contribution is 0.0292. The monoisotopic (exact) mass is 664 g/mol. The van der Waals surface area contributed by atoms with Crippen molar-refractivity contribution in [2.24, 2.45) is 0 Å². The van der Waals surface area contributed by atoms with Gasteiger partial charge in [-0.25, -0.2) is 22.9 Å². The van der Waals surface area contributed by atoms with Crippen LogP contribution in [0.15, 0.2) is 30.5 Å². The molecule has 3 fully saturated rings. The van der Waals surface area contributed by atoms with Crippen LogP contribution in [0.2, 0.25) is 0 Å². The second-order valence-corrected chi connectivity index (χ2v) is 14.1. The molecule has 0 aliphatic carbocycles. The highest BCUT2D eigenvalue weighted by Crippen LogP contribution is 2.41. The number of halogens is 3. The van der Waals surface area contributed by atoms with Crippen LogP contribution in [0.3, 0.4) is 0 Å². The highest BCUT2D eigenvalue weighted by molar-refractivity contribution is 5.98. The van der Waals surface area contributed by atoms with Crippen molar-refractivity contribution in [2.45, 2.75) is 69.8 Å². The molecule has 0 radical (unpaired) electrons. The van der Waals surface area contributed by atoms with Crippen LogP contribution in [0.4, 0.5) is 29.6 Å². The summed E-state index contributed by atoms with van der Waals surface area (Å²) < 4.78 is 58.1. The molecule has 7 rings (SSSR count). The summed E-state index contributed by atoms with van der Waals surface area (Å²) in [6.45, 7) is 7.55. The maximum atomic E-state index is 16.7. The zero-order chi connectivity index (χ0) is 34.0. The Morgan fingerprint density at radius 3 is 2.75 bits per heavy atom. The van der Waals surface area contributed by atoms with Crippen LogP contribution in [0, 0.1) is 11.6 Å². The number of anilines is 2. The van der Waals surface area contributed by atoms with Crippen LogP contribution < -0.4 is 15.4 Å². The zero-order valence-corrected chi connectivity index (χ0v) is 27.5. The minimum absolute atomic E-state index is 0.0530. The van der Waals surface area contributed by atoms with Gasteiger partial charge in [0.15, 0.2) is 5.82 Å². The van der Waals surface area contributed by atoms with E-state index in [9.17, 15) is 9.18 Å². The molecule has 3 aliphatic rings. The molecule has 2 N–H and O–H groups in total. The lowest BCUT2D eigenvalue weighted by Gasteiger charge is -2.31. The molecule has 3 saturated heterocycles. The number of likely N-dealkylation sites (tertiary alicyclic amines) is 1. The Hall–Kier alpha value is -4.46. The quantitative estimate of drug-likeness (QED) is 0.283. The minimum Gasteiger partial charge on any atom is -0.461 e. The Balaban J connectivity index is 1.30. The highest BCUT2D eigenvalue weighted by Gasteiger charge is 2.49. The van der Waals surface area contributed by atoms with E-state index in [2.05, 4.69) is 19.9 Å². The lowest BCUT2D eigenvalue weighted by atomic mass is 9.95. The number of aromatic nitrogens is 4. The molecular weight excluding hydrogens is 625 g/mol. The van der Waals surface area contributed by atoms with E-state index >= 15 is 8.78 Å². The molecule has 1 amide bonds.